The van der Waals surface area contributed by atoms with Crippen molar-refractivity contribution in [2.24, 2.45) is 5.92 Å². The van der Waals surface area contributed by atoms with Crippen molar-refractivity contribution in [2.75, 3.05) is 27.2 Å². The Morgan fingerprint density at radius 2 is 2.31 bits per heavy atom. The Labute approximate surface area is 110 Å². The van der Waals surface area contributed by atoms with Gasteiger partial charge in [0, 0.05) is 10.9 Å². The lowest BCUT2D eigenvalue weighted by atomic mass is 9.90. The summed E-state index contributed by atoms with van der Waals surface area (Å²) < 4.78 is 1.23. The molecule has 1 aliphatic heterocycles. The topological polar surface area (TPSA) is 15.3 Å². The molecule has 0 radical (unpaired) electrons. The van der Waals surface area contributed by atoms with E-state index in [4.69, 9.17) is 0 Å². The second kappa shape index (κ2) is 5.63. The fourth-order valence-electron chi connectivity index (χ4n) is 2.54. The van der Waals surface area contributed by atoms with E-state index in [1.54, 1.807) is 0 Å². The molecule has 1 aliphatic rings. The van der Waals surface area contributed by atoms with Gasteiger partial charge in [0.25, 0.3) is 0 Å². The van der Waals surface area contributed by atoms with Crippen LogP contribution < -0.4 is 5.32 Å². The SMILES string of the molecule is CN(C)C(c1ccc(Br)s1)C1CCCNC1. The number of hydrogen-bond donors (Lipinski definition) is 1. The summed E-state index contributed by atoms with van der Waals surface area (Å²) in [5, 5.41) is 3.51. The first-order valence-electron chi connectivity index (χ1n) is 5.81. The van der Waals surface area contributed by atoms with Crippen LogP contribution in [0.1, 0.15) is 23.8 Å². The van der Waals surface area contributed by atoms with Gasteiger partial charge in [-0.15, -0.1) is 11.3 Å². The monoisotopic (exact) mass is 302 g/mol. The molecule has 0 spiro atoms. The molecule has 1 aromatic heterocycles. The number of halogens is 1. The van der Waals surface area contributed by atoms with Crippen molar-refractivity contribution in [3.63, 3.8) is 0 Å². The molecule has 1 N–H and O–H groups in total. The molecule has 0 aliphatic carbocycles. The van der Waals surface area contributed by atoms with E-state index in [-0.39, 0.29) is 0 Å². The first-order chi connectivity index (χ1) is 7.68. The molecule has 2 nitrogen and oxygen atoms in total. The Morgan fingerprint density at radius 3 is 2.81 bits per heavy atom. The van der Waals surface area contributed by atoms with Gasteiger partial charge in [0.05, 0.1) is 3.79 Å². The van der Waals surface area contributed by atoms with E-state index in [0.29, 0.717) is 6.04 Å². The Morgan fingerprint density at radius 1 is 1.50 bits per heavy atom. The van der Waals surface area contributed by atoms with Gasteiger partial charge in [-0.25, -0.2) is 0 Å². The van der Waals surface area contributed by atoms with Gasteiger partial charge in [0.2, 0.25) is 0 Å². The molecule has 1 fully saturated rings. The second-order valence-electron chi connectivity index (χ2n) is 4.66. The molecule has 2 atom stereocenters. The maximum absolute atomic E-state index is 3.56. The summed E-state index contributed by atoms with van der Waals surface area (Å²) in [4.78, 5) is 3.83. The Hall–Kier alpha value is 0.1000. The van der Waals surface area contributed by atoms with Crippen LogP contribution in [0.2, 0.25) is 0 Å². The number of thiophene rings is 1. The number of piperidine rings is 1. The van der Waals surface area contributed by atoms with E-state index in [2.05, 4.69) is 52.4 Å². The second-order valence-corrected chi connectivity index (χ2v) is 7.15. The van der Waals surface area contributed by atoms with Crippen molar-refractivity contribution in [1.29, 1.82) is 0 Å². The van der Waals surface area contributed by atoms with Crippen LogP contribution in [-0.2, 0) is 0 Å². The van der Waals surface area contributed by atoms with Crippen LogP contribution in [0.4, 0.5) is 0 Å². The molecule has 4 heteroatoms. The summed E-state index contributed by atoms with van der Waals surface area (Å²) in [6.45, 7) is 2.34. The minimum Gasteiger partial charge on any atom is -0.316 e. The van der Waals surface area contributed by atoms with E-state index >= 15 is 0 Å². The van der Waals surface area contributed by atoms with E-state index in [9.17, 15) is 0 Å². The average Bonchev–Trinajstić information content (AvgIpc) is 2.66. The molecule has 90 valence electrons. The third kappa shape index (κ3) is 2.86. The Balaban J connectivity index is 2.16. The maximum Gasteiger partial charge on any atom is 0.0701 e. The first-order valence-corrected chi connectivity index (χ1v) is 7.42. The fraction of sp³-hybridized carbons (Fsp3) is 0.667. The molecule has 0 saturated carbocycles. The molecule has 1 aromatic rings. The summed E-state index contributed by atoms with van der Waals surface area (Å²) in [6.07, 6.45) is 2.65. The van der Waals surface area contributed by atoms with Gasteiger partial charge >= 0.3 is 0 Å². The highest BCUT2D eigenvalue weighted by atomic mass is 79.9. The smallest absolute Gasteiger partial charge is 0.0701 e. The van der Waals surface area contributed by atoms with Gasteiger partial charge in [0.1, 0.15) is 0 Å². The van der Waals surface area contributed by atoms with Gasteiger partial charge in [-0.3, -0.25) is 0 Å². The zero-order valence-corrected chi connectivity index (χ0v) is 12.3. The standard InChI is InChI=1S/C12H19BrN2S/c1-15(2)12(9-4-3-7-14-8-9)10-5-6-11(13)16-10/h5-6,9,12,14H,3-4,7-8H2,1-2H3. The van der Waals surface area contributed by atoms with Crippen molar-refractivity contribution in [2.45, 2.75) is 18.9 Å². The fourth-order valence-corrected chi connectivity index (χ4v) is 4.26. The predicted molar refractivity (Wildman–Crippen MR) is 74.0 cm³/mol. The normalized spacial score (nSPS) is 23.6. The summed E-state index contributed by atoms with van der Waals surface area (Å²) in [5.41, 5.74) is 0. The lowest BCUT2D eigenvalue weighted by Gasteiger charge is -2.34. The van der Waals surface area contributed by atoms with E-state index in [0.717, 1.165) is 12.5 Å². The van der Waals surface area contributed by atoms with Crippen molar-refractivity contribution in [3.8, 4) is 0 Å². The molecule has 0 bridgehead atoms. The maximum atomic E-state index is 3.56. The van der Waals surface area contributed by atoms with E-state index in [1.165, 1.54) is 28.0 Å². The van der Waals surface area contributed by atoms with Gasteiger partial charge in [0.15, 0.2) is 0 Å². The van der Waals surface area contributed by atoms with E-state index in [1.807, 2.05) is 11.3 Å². The van der Waals surface area contributed by atoms with Gasteiger partial charge in [-0.05, 0) is 74.0 Å². The Bertz CT molecular complexity index is 332. The highest BCUT2D eigenvalue weighted by Gasteiger charge is 2.27. The van der Waals surface area contributed by atoms with Crippen LogP contribution in [0, 0.1) is 5.92 Å². The van der Waals surface area contributed by atoms with Crippen molar-refractivity contribution < 1.29 is 0 Å². The van der Waals surface area contributed by atoms with Crippen molar-refractivity contribution in [1.82, 2.24) is 10.2 Å². The van der Waals surface area contributed by atoms with Gasteiger partial charge < -0.3 is 10.2 Å². The summed E-state index contributed by atoms with van der Waals surface area (Å²) >= 11 is 5.42. The van der Waals surface area contributed by atoms with Crippen LogP contribution in [-0.4, -0.2) is 32.1 Å². The van der Waals surface area contributed by atoms with Crippen LogP contribution in [0.3, 0.4) is 0 Å². The molecule has 2 unspecified atom stereocenters. The number of rotatable bonds is 3. The molecule has 1 saturated heterocycles. The highest BCUT2D eigenvalue weighted by Crippen LogP contribution is 2.36. The van der Waals surface area contributed by atoms with Gasteiger partial charge in [-0.1, -0.05) is 0 Å². The highest BCUT2D eigenvalue weighted by molar-refractivity contribution is 9.11. The average molecular weight is 303 g/mol. The third-order valence-corrected chi connectivity index (χ3v) is 4.92. The van der Waals surface area contributed by atoms with E-state index < -0.39 is 0 Å². The van der Waals surface area contributed by atoms with Crippen molar-refractivity contribution >= 4 is 27.3 Å². The van der Waals surface area contributed by atoms with Crippen LogP contribution in [0.5, 0.6) is 0 Å². The Kier molecular flexibility index (Phi) is 4.41. The zero-order chi connectivity index (χ0) is 11.5. The summed E-state index contributed by atoms with van der Waals surface area (Å²) in [6, 6.07) is 4.98. The van der Waals surface area contributed by atoms with Gasteiger partial charge in [-0.2, -0.15) is 0 Å². The molecule has 2 rings (SSSR count). The summed E-state index contributed by atoms with van der Waals surface area (Å²) in [5.74, 6) is 0.745. The number of hydrogen-bond acceptors (Lipinski definition) is 3. The zero-order valence-electron chi connectivity index (χ0n) is 9.87. The van der Waals surface area contributed by atoms with Crippen LogP contribution in [0.15, 0.2) is 15.9 Å². The molecule has 0 aromatic carbocycles. The molecular formula is C12H19BrN2S. The minimum atomic E-state index is 0.559. The first kappa shape index (κ1) is 12.6. The number of nitrogens with one attached hydrogen (secondary N) is 1. The molecule has 0 amide bonds. The third-order valence-electron chi connectivity index (χ3n) is 3.22. The molecular weight excluding hydrogens is 284 g/mol. The lowest BCUT2D eigenvalue weighted by Crippen LogP contribution is -2.37. The minimum absolute atomic E-state index is 0.559. The number of nitrogens with zero attached hydrogens (tertiary/aromatic N) is 1. The molecule has 16 heavy (non-hydrogen) atoms. The lowest BCUT2D eigenvalue weighted by molar-refractivity contribution is 0.184. The predicted octanol–water partition coefficient (Wildman–Crippen LogP) is 3.11. The van der Waals surface area contributed by atoms with Crippen LogP contribution in [0.25, 0.3) is 0 Å². The molecule has 2 heterocycles. The largest absolute Gasteiger partial charge is 0.316 e. The van der Waals surface area contributed by atoms with Crippen LogP contribution >= 0.6 is 27.3 Å². The summed E-state index contributed by atoms with van der Waals surface area (Å²) in [7, 11) is 4.37. The quantitative estimate of drug-likeness (QED) is 0.923. The van der Waals surface area contributed by atoms with Crippen molar-refractivity contribution in [3.05, 3.63) is 20.8 Å².